The van der Waals surface area contributed by atoms with Crippen LogP contribution in [0.25, 0.3) is 0 Å². The number of hydrogen-bond donors (Lipinski definition) is 0. The minimum atomic E-state index is 0.441. The summed E-state index contributed by atoms with van der Waals surface area (Å²) in [5.74, 6) is 2.03. The fourth-order valence-corrected chi connectivity index (χ4v) is 2.73. The fraction of sp³-hybridized carbons (Fsp3) is 0.667. The number of nitrogens with zero attached hydrogens (tertiary/aromatic N) is 3. The minimum absolute atomic E-state index is 0.441. The summed E-state index contributed by atoms with van der Waals surface area (Å²) in [5.41, 5.74) is 0. The van der Waals surface area contributed by atoms with Crippen LogP contribution in [0, 0.1) is 5.92 Å². The van der Waals surface area contributed by atoms with Crippen LogP contribution in [0.3, 0.4) is 0 Å². The third-order valence-corrected chi connectivity index (χ3v) is 3.62. The predicted octanol–water partition coefficient (Wildman–Crippen LogP) is 1.10. The molecule has 3 rings (SSSR count). The lowest BCUT2D eigenvalue weighted by atomic mass is 9.92. The Balaban J connectivity index is 1.86. The molecule has 0 N–H and O–H groups in total. The smallest absolute Gasteiger partial charge is 0.228 e. The number of ether oxygens (including phenoxy) is 2. The van der Waals surface area contributed by atoms with Crippen molar-refractivity contribution in [1.29, 1.82) is 0 Å². The SMILES string of the molecule is COc1ccnc(N2CCC[C@@H]3COC[C@@H]32)n1. The summed E-state index contributed by atoms with van der Waals surface area (Å²) in [7, 11) is 1.63. The second kappa shape index (κ2) is 4.49. The van der Waals surface area contributed by atoms with Gasteiger partial charge in [-0.1, -0.05) is 0 Å². The Morgan fingerprint density at radius 1 is 1.47 bits per heavy atom. The van der Waals surface area contributed by atoms with Gasteiger partial charge in [0.2, 0.25) is 11.8 Å². The quantitative estimate of drug-likeness (QED) is 0.768. The summed E-state index contributed by atoms with van der Waals surface area (Å²) in [6.07, 6.45) is 4.19. The number of piperidine rings is 1. The molecule has 5 heteroatoms. The molecule has 0 radical (unpaired) electrons. The summed E-state index contributed by atoms with van der Waals surface area (Å²) in [6.45, 7) is 2.69. The van der Waals surface area contributed by atoms with Gasteiger partial charge < -0.3 is 14.4 Å². The monoisotopic (exact) mass is 235 g/mol. The normalized spacial score (nSPS) is 27.9. The van der Waals surface area contributed by atoms with Gasteiger partial charge in [0.05, 0.1) is 26.4 Å². The zero-order valence-electron chi connectivity index (χ0n) is 10.0. The number of anilines is 1. The molecule has 0 saturated carbocycles. The number of aromatic nitrogens is 2. The first-order valence-corrected chi connectivity index (χ1v) is 6.10. The van der Waals surface area contributed by atoms with Gasteiger partial charge in [-0.25, -0.2) is 4.98 Å². The standard InChI is InChI=1S/C12H17N3O2/c1-16-11-4-5-13-12(14-11)15-6-2-3-9-7-17-8-10(9)15/h4-5,9-10H,2-3,6-8H2,1H3/t9-,10+/m1/s1. The zero-order chi connectivity index (χ0) is 11.7. The molecule has 17 heavy (non-hydrogen) atoms. The van der Waals surface area contributed by atoms with Gasteiger partial charge in [-0.15, -0.1) is 0 Å². The molecular weight excluding hydrogens is 218 g/mol. The molecule has 2 aliphatic heterocycles. The van der Waals surface area contributed by atoms with E-state index >= 15 is 0 Å². The van der Waals surface area contributed by atoms with Gasteiger partial charge in [0, 0.05) is 24.7 Å². The van der Waals surface area contributed by atoms with Gasteiger partial charge in [-0.2, -0.15) is 4.98 Å². The minimum Gasteiger partial charge on any atom is -0.481 e. The number of fused-ring (bicyclic) bond motifs is 1. The van der Waals surface area contributed by atoms with Crippen molar-refractivity contribution in [3.8, 4) is 5.88 Å². The van der Waals surface area contributed by atoms with E-state index in [9.17, 15) is 0 Å². The highest BCUT2D eigenvalue weighted by molar-refractivity contribution is 5.35. The van der Waals surface area contributed by atoms with Crippen LogP contribution in [0.2, 0.25) is 0 Å². The maximum atomic E-state index is 5.57. The Kier molecular flexibility index (Phi) is 2.84. The van der Waals surface area contributed by atoms with Crippen molar-refractivity contribution in [2.75, 3.05) is 31.8 Å². The van der Waals surface area contributed by atoms with E-state index in [1.807, 2.05) is 0 Å². The van der Waals surface area contributed by atoms with Crippen LogP contribution in [0.15, 0.2) is 12.3 Å². The lowest BCUT2D eigenvalue weighted by molar-refractivity contribution is 0.184. The molecule has 0 spiro atoms. The van der Waals surface area contributed by atoms with E-state index in [1.165, 1.54) is 12.8 Å². The summed E-state index contributed by atoms with van der Waals surface area (Å²) in [5, 5.41) is 0. The molecule has 0 unspecified atom stereocenters. The predicted molar refractivity (Wildman–Crippen MR) is 63.3 cm³/mol. The first kappa shape index (κ1) is 10.8. The Morgan fingerprint density at radius 3 is 3.29 bits per heavy atom. The third-order valence-electron chi connectivity index (χ3n) is 3.62. The van der Waals surface area contributed by atoms with E-state index in [1.54, 1.807) is 19.4 Å². The van der Waals surface area contributed by atoms with Crippen LogP contribution in [-0.4, -0.2) is 42.9 Å². The van der Waals surface area contributed by atoms with E-state index < -0.39 is 0 Å². The van der Waals surface area contributed by atoms with Crippen molar-refractivity contribution >= 4 is 5.95 Å². The molecular formula is C12H17N3O2. The van der Waals surface area contributed by atoms with Crippen LogP contribution in [0.4, 0.5) is 5.95 Å². The zero-order valence-corrected chi connectivity index (χ0v) is 10.0. The third kappa shape index (κ3) is 1.95. The van der Waals surface area contributed by atoms with Crippen LogP contribution in [0.5, 0.6) is 5.88 Å². The fourth-order valence-electron chi connectivity index (χ4n) is 2.73. The first-order valence-electron chi connectivity index (χ1n) is 6.10. The van der Waals surface area contributed by atoms with Crippen molar-refractivity contribution < 1.29 is 9.47 Å². The van der Waals surface area contributed by atoms with Crippen molar-refractivity contribution in [3.05, 3.63) is 12.3 Å². The average Bonchev–Trinajstić information content (AvgIpc) is 2.87. The second-order valence-electron chi connectivity index (χ2n) is 4.60. The Labute approximate surface area is 101 Å². The Bertz CT molecular complexity index is 399. The van der Waals surface area contributed by atoms with Crippen molar-refractivity contribution in [3.63, 3.8) is 0 Å². The van der Waals surface area contributed by atoms with E-state index in [-0.39, 0.29) is 0 Å². The summed E-state index contributed by atoms with van der Waals surface area (Å²) < 4.78 is 10.7. The van der Waals surface area contributed by atoms with Crippen LogP contribution in [0.1, 0.15) is 12.8 Å². The Hall–Kier alpha value is -1.36. The van der Waals surface area contributed by atoms with E-state index in [0.29, 0.717) is 17.8 Å². The highest BCUT2D eigenvalue weighted by Crippen LogP contribution is 2.31. The van der Waals surface area contributed by atoms with Gasteiger partial charge in [0.25, 0.3) is 0 Å². The van der Waals surface area contributed by atoms with E-state index in [0.717, 1.165) is 25.7 Å². The van der Waals surface area contributed by atoms with Gasteiger partial charge in [-0.05, 0) is 12.8 Å². The molecule has 0 aromatic carbocycles. The number of rotatable bonds is 2. The first-order chi connectivity index (χ1) is 8.38. The summed E-state index contributed by atoms with van der Waals surface area (Å²) in [6, 6.07) is 2.21. The van der Waals surface area contributed by atoms with Gasteiger partial charge in [-0.3, -0.25) is 0 Å². The number of methoxy groups -OCH3 is 1. The molecule has 0 amide bonds. The van der Waals surface area contributed by atoms with Gasteiger partial charge >= 0.3 is 0 Å². The second-order valence-corrected chi connectivity index (χ2v) is 4.60. The summed E-state index contributed by atoms with van der Waals surface area (Å²) >= 11 is 0. The van der Waals surface area contributed by atoms with E-state index in [2.05, 4.69) is 14.9 Å². The lowest BCUT2D eigenvalue weighted by Crippen LogP contribution is -2.45. The van der Waals surface area contributed by atoms with Crippen LogP contribution in [-0.2, 0) is 4.74 Å². The summed E-state index contributed by atoms with van der Waals surface area (Å²) in [4.78, 5) is 11.0. The van der Waals surface area contributed by atoms with E-state index in [4.69, 9.17) is 9.47 Å². The largest absolute Gasteiger partial charge is 0.481 e. The molecule has 92 valence electrons. The number of hydrogen-bond acceptors (Lipinski definition) is 5. The highest BCUT2D eigenvalue weighted by Gasteiger charge is 2.37. The molecule has 1 aromatic heterocycles. The average molecular weight is 235 g/mol. The molecule has 1 aromatic rings. The lowest BCUT2D eigenvalue weighted by Gasteiger charge is -2.36. The highest BCUT2D eigenvalue weighted by atomic mass is 16.5. The van der Waals surface area contributed by atoms with Crippen molar-refractivity contribution in [1.82, 2.24) is 9.97 Å². The molecule has 0 bridgehead atoms. The molecule has 5 nitrogen and oxygen atoms in total. The van der Waals surface area contributed by atoms with Gasteiger partial charge in [0.1, 0.15) is 0 Å². The Morgan fingerprint density at radius 2 is 2.41 bits per heavy atom. The van der Waals surface area contributed by atoms with Crippen LogP contribution >= 0.6 is 0 Å². The molecule has 2 fully saturated rings. The molecule has 3 heterocycles. The van der Waals surface area contributed by atoms with Crippen LogP contribution < -0.4 is 9.64 Å². The molecule has 2 aliphatic rings. The molecule has 0 aliphatic carbocycles. The van der Waals surface area contributed by atoms with Gasteiger partial charge in [0.15, 0.2) is 0 Å². The molecule has 2 saturated heterocycles. The molecule has 2 atom stereocenters. The topological polar surface area (TPSA) is 47.5 Å². The maximum Gasteiger partial charge on any atom is 0.228 e. The van der Waals surface area contributed by atoms with Crippen molar-refractivity contribution in [2.45, 2.75) is 18.9 Å². The maximum absolute atomic E-state index is 5.57. The van der Waals surface area contributed by atoms with Crippen molar-refractivity contribution in [2.24, 2.45) is 5.92 Å².